The molecule has 1 aromatic carbocycles. The first kappa shape index (κ1) is 14.1. The van der Waals surface area contributed by atoms with Gasteiger partial charge in [0.2, 0.25) is 0 Å². The van der Waals surface area contributed by atoms with Crippen molar-refractivity contribution in [1.82, 2.24) is 14.5 Å². The van der Waals surface area contributed by atoms with Crippen molar-refractivity contribution in [2.24, 2.45) is 0 Å². The second-order valence-electron chi connectivity index (χ2n) is 4.67. The summed E-state index contributed by atoms with van der Waals surface area (Å²) in [5.41, 5.74) is 2.36. The fourth-order valence-electron chi connectivity index (χ4n) is 2.13. The third-order valence-electron chi connectivity index (χ3n) is 3.25. The third-order valence-corrected chi connectivity index (χ3v) is 4.79. The molecule has 2 N–H and O–H groups in total. The van der Waals surface area contributed by atoms with Crippen LogP contribution in [0.5, 0.6) is 0 Å². The third kappa shape index (κ3) is 3.23. The van der Waals surface area contributed by atoms with Crippen LogP contribution in [0.3, 0.4) is 0 Å². The van der Waals surface area contributed by atoms with Crippen LogP contribution in [0.4, 0.5) is 5.69 Å². The van der Waals surface area contributed by atoms with E-state index >= 15 is 0 Å². The Kier molecular flexibility index (Phi) is 3.91. The maximum atomic E-state index is 12.2. The molecule has 21 heavy (non-hydrogen) atoms. The molecule has 8 heteroatoms. The molecule has 0 aliphatic carbocycles. The van der Waals surface area contributed by atoms with Gasteiger partial charge in [0.15, 0.2) is 0 Å². The van der Waals surface area contributed by atoms with Crippen molar-refractivity contribution in [2.45, 2.75) is 0 Å². The minimum atomic E-state index is -3.52. The number of H-pyrrole nitrogens is 1. The van der Waals surface area contributed by atoms with Crippen molar-refractivity contribution in [3.05, 3.63) is 36.5 Å². The Labute approximate surface area is 123 Å². The van der Waals surface area contributed by atoms with E-state index in [2.05, 4.69) is 14.9 Å². The summed E-state index contributed by atoms with van der Waals surface area (Å²) < 4.78 is 33.5. The molecule has 0 bridgehead atoms. The zero-order valence-electron chi connectivity index (χ0n) is 11.3. The molecule has 0 radical (unpaired) electrons. The summed E-state index contributed by atoms with van der Waals surface area (Å²) in [6, 6.07) is 8.99. The Morgan fingerprint density at radius 2 is 1.86 bits per heavy atom. The van der Waals surface area contributed by atoms with E-state index in [1.165, 1.54) is 4.31 Å². The van der Waals surface area contributed by atoms with E-state index in [0.29, 0.717) is 32.0 Å². The second-order valence-corrected chi connectivity index (χ2v) is 6.34. The predicted molar refractivity (Wildman–Crippen MR) is 79.0 cm³/mol. The average molecular weight is 308 g/mol. The van der Waals surface area contributed by atoms with Gasteiger partial charge in [0.1, 0.15) is 0 Å². The molecule has 0 saturated carbocycles. The molecule has 3 rings (SSSR count). The van der Waals surface area contributed by atoms with E-state index in [9.17, 15) is 8.42 Å². The number of anilines is 1. The highest BCUT2D eigenvalue weighted by Gasteiger charge is 2.23. The summed E-state index contributed by atoms with van der Waals surface area (Å²) in [6.07, 6.45) is 1.67. The maximum Gasteiger partial charge on any atom is 0.301 e. The molecule has 112 valence electrons. The maximum absolute atomic E-state index is 12.2. The predicted octanol–water partition coefficient (Wildman–Crippen LogP) is 1.07. The van der Waals surface area contributed by atoms with Crippen LogP contribution < -0.4 is 4.72 Å². The van der Waals surface area contributed by atoms with E-state index in [4.69, 9.17) is 4.74 Å². The topological polar surface area (TPSA) is 87.3 Å². The SMILES string of the molecule is O=S(=O)(Nc1ccc(-c2ccn[nH]2)cc1)N1CCOCC1. The number of ether oxygens (including phenoxy) is 1. The smallest absolute Gasteiger partial charge is 0.301 e. The summed E-state index contributed by atoms with van der Waals surface area (Å²) in [6.45, 7) is 1.61. The highest BCUT2D eigenvalue weighted by Crippen LogP contribution is 2.20. The van der Waals surface area contributed by atoms with Gasteiger partial charge in [-0.3, -0.25) is 9.82 Å². The van der Waals surface area contributed by atoms with Gasteiger partial charge in [0.25, 0.3) is 0 Å². The van der Waals surface area contributed by atoms with Gasteiger partial charge in [0.05, 0.1) is 18.9 Å². The van der Waals surface area contributed by atoms with Crippen molar-refractivity contribution in [3.8, 4) is 11.3 Å². The molecule has 1 aliphatic rings. The number of aromatic amines is 1. The second kappa shape index (κ2) is 5.84. The van der Waals surface area contributed by atoms with E-state index in [-0.39, 0.29) is 0 Å². The number of benzene rings is 1. The Hall–Kier alpha value is -1.90. The Morgan fingerprint density at radius 1 is 1.14 bits per heavy atom. The molecule has 0 atom stereocenters. The summed E-state index contributed by atoms with van der Waals surface area (Å²) in [5, 5.41) is 6.75. The molecule has 1 fully saturated rings. The van der Waals surface area contributed by atoms with E-state index in [1.54, 1.807) is 18.3 Å². The van der Waals surface area contributed by atoms with Gasteiger partial charge in [-0.25, -0.2) is 0 Å². The molecular formula is C13H16N4O3S. The molecule has 0 amide bonds. The normalized spacial score (nSPS) is 16.8. The monoisotopic (exact) mass is 308 g/mol. The minimum absolute atomic E-state index is 0.377. The quantitative estimate of drug-likeness (QED) is 0.884. The van der Waals surface area contributed by atoms with Gasteiger partial charge in [-0.2, -0.15) is 17.8 Å². The number of morpholine rings is 1. The van der Waals surface area contributed by atoms with Crippen molar-refractivity contribution in [1.29, 1.82) is 0 Å². The van der Waals surface area contributed by atoms with Gasteiger partial charge in [0, 0.05) is 25.0 Å². The van der Waals surface area contributed by atoms with Crippen LogP contribution in [-0.2, 0) is 14.9 Å². The van der Waals surface area contributed by atoms with Gasteiger partial charge in [-0.05, 0) is 23.8 Å². The van der Waals surface area contributed by atoms with E-state index in [0.717, 1.165) is 11.3 Å². The zero-order valence-corrected chi connectivity index (χ0v) is 12.1. The van der Waals surface area contributed by atoms with Gasteiger partial charge >= 0.3 is 10.2 Å². The van der Waals surface area contributed by atoms with E-state index < -0.39 is 10.2 Å². The molecule has 7 nitrogen and oxygen atoms in total. The lowest BCUT2D eigenvalue weighted by Crippen LogP contribution is -2.43. The number of aromatic nitrogens is 2. The largest absolute Gasteiger partial charge is 0.379 e. The molecule has 1 saturated heterocycles. The lowest BCUT2D eigenvalue weighted by molar-refractivity contribution is 0.0733. The van der Waals surface area contributed by atoms with Crippen molar-refractivity contribution >= 4 is 15.9 Å². The summed E-state index contributed by atoms with van der Waals surface area (Å²) >= 11 is 0. The minimum Gasteiger partial charge on any atom is -0.379 e. The average Bonchev–Trinajstić information content (AvgIpc) is 3.03. The molecule has 1 aliphatic heterocycles. The van der Waals surface area contributed by atoms with Crippen LogP contribution in [0, 0.1) is 0 Å². The van der Waals surface area contributed by atoms with Crippen LogP contribution in [0.2, 0.25) is 0 Å². The Balaban J connectivity index is 1.72. The Morgan fingerprint density at radius 3 is 2.48 bits per heavy atom. The van der Waals surface area contributed by atoms with Crippen LogP contribution >= 0.6 is 0 Å². The van der Waals surface area contributed by atoms with Gasteiger partial charge < -0.3 is 4.74 Å². The van der Waals surface area contributed by atoms with Crippen molar-refractivity contribution < 1.29 is 13.2 Å². The number of nitrogens with one attached hydrogen (secondary N) is 2. The highest BCUT2D eigenvalue weighted by atomic mass is 32.2. The fraction of sp³-hybridized carbons (Fsp3) is 0.308. The summed E-state index contributed by atoms with van der Waals surface area (Å²) in [5.74, 6) is 0. The highest BCUT2D eigenvalue weighted by molar-refractivity contribution is 7.90. The van der Waals surface area contributed by atoms with E-state index in [1.807, 2.05) is 18.2 Å². The summed E-state index contributed by atoms with van der Waals surface area (Å²) in [7, 11) is -3.52. The van der Waals surface area contributed by atoms with Crippen LogP contribution in [0.25, 0.3) is 11.3 Å². The zero-order chi connectivity index (χ0) is 14.7. The molecule has 1 aromatic heterocycles. The molecule has 2 heterocycles. The molecule has 0 spiro atoms. The van der Waals surface area contributed by atoms with Gasteiger partial charge in [-0.15, -0.1) is 0 Å². The van der Waals surface area contributed by atoms with Crippen LogP contribution in [0.15, 0.2) is 36.5 Å². The first-order chi connectivity index (χ1) is 10.1. The Bertz CT molecular complexity index is 677. The first-order valence-corrected chi connectivity index (χ1v) is 8.05. The number of hydrogen-bond acceptors (Lipinski definition) is 4. The van der Waals surface area contributed by atoms with Crippen molar-refractivity contribution in [3.63, 3.8) is 0 Å². The number of nitrogens with zero attached hydrogens (tertiary/aromatic N) is 2. The van der Waals surface area contributed by atoms with Crippen molar-refractivity contribution in [2.75, 3.05) is 31.0 Å². The lowest BCUT2D eigenvalue weighted by atomic mass is 10.1. The molecule has 0 unspecified atom stereocenters. The lowest BCUT2D eigenvalue weighted by Gasteiger charge is -2.26. The van der Waals surface area contributed by atoms with Gasteiger partial charge in [-0.1, -0.05) is 12.1 Å². The number of hydrogen-bond donors (Lipinski definition) is 2. The van der Waals surface area contributed by atoms with Crippen LogP contribution in [-0.4, -0.2) is 49.2 Å². The fourth-order valence-corrected chi connectivity index (χ4v) is 3.33. The number of rotatable bonds is 4. The van der Waals surface area contributed by atoms with Crippen LogP contribution in [0.1, 0.15) is 0 Å². The molecule has 2 aromatic rings. The summed E-state index contributed by atoms with van der Waals surface area (Å²) in [4.78, 5) is 0. The first-order valence-electron chi connectivity index (χ1n) is 6.61. The molecular weight excluding hydrogens is 292 g/mol. The standard InChI is InChI=1S/C13H16N4O3S/c18-21(19,17-7-9-20-10-8-17)16-12-3-1-11(2-4-12)13-5-6-14-15-13/h1-6,16H,7-10H2,(H,14,15).